The van der Waals surface area contributed by atoms with Crippen LogP contribution in [0.1, 0.15) is 20.8 Å². The van der Waals surface area contributed by atoms with Gasteiger partial charge in [-0.3, -0.25) is 4.90 Å². The van der Waals surface area contributed by atoms with Crippen LogP contribution in [-0.2, 0) is 4.74 Å². The lowest BCUT2D eigenvalue weighted by Gasteiger charge is -2.27. The Morgan fingerprint density at radius 2 is 1.74 bits per heavy atom. The molecule has 0 spiro atoms. The summed E-state index contributed by atoms with van der Waals surface area (Å²) in [6.45, 7) is 3.59. The zero-order chi connectivity index (χ0) is 17.3. The summed E-state index contributed by atoms with van der Waals surface area (Å²) < 4.78 is 46.3. The summed E-state index contributed by atoms with van der Waals surface area (Å²) in [5, 5.41) is 0. The minimum atomic E-state index is -3.14. The molecule has 7 heteroatoms. The van der Waals surface area contributed by atoms with Crippen LogP contribution in [0, 0.1) is 5.82 Å². The number of nitrogens with zero attached hydrogens (tertiary/aromatic N) is 2. The fraction of sp³-hybridized carbons (Fsp3) is 0.438. The third-order valence-electron chi connectivity index (χ3n) is 3.02. The summed E-state index contributed by atoms with van der Waals surface area (Å²) in [5.41, 5.74) is -0.364. The zero-order valence-corrected chi connectivity index (χ0v) is 13.2. The van der Waals surface area contributed by atoms with Crippen molar-refractivity contribution in [2.75, 3.05) is 18.0 Å². The molecule has 1 amide bonds. The van der Waals surface area contributed by atoms with Crippen molar-refractivity contribution in [3.8, 4) is 0 Å². The molecule has 0 N–H and O–H groups in total. The average Bonchev–Trinajstić information content (AvgIpc) is 2.56. The molecule has 0 radical (unpaired) electrons. The number of rotatable bonds is 1. The number of alkyl halides is 2. The first kappa shape index (κ1) is 17.2. The molecule has 1 aliphatic heterocycles. The van der Waals surface area contributed by atoms with E-state index < -0.39 is 36.5 Å². The van der Waals surface area contributed by atoms with Gasteiger partial charge in [-0.1, -0.05) is 0 Å². The second kappa shape index (κ2) is 6.14. The maximum Gasteiger partial charge on any atom is 0.414 e. The van der Waals surface area contributed by atoms with Crippen LogP contribution in [0.2, 0.25) is 0 Å². The molecule has 0 bridgehead atoms. The van der Waals surface area contributed by atoms with Crippen LogP contribution in [0.5, 0.6) is 0 Å². The number of benzene rings is 1. The Labute approximate surface area is 133 Å². The van der Waals surface area contributed by atoms with Gasteiger partial charge in [-0.25, -0.2) is 18.0 Å². The van der Waals surface area contributed by atoms with Crippen LogP contribution in [0.3, 0.4) is 0 Å². The van der Waals surface area contributed by atoms with Gasteiger partial charge in [0.2, 0.25) is 0 Å². The van der Waals surface area contributed by atoms with Crippen molar-refractivity contribution >= 4 is 11.8 Å². The first-order chi connectivity index (χ1) is 10.6. The standard InChI is InChI=1S/C16H19F3N2O2/c1-15(2,3)23-14(22)21-9-8-20(10-16(18,19)11-21)13-6-4-12(17)5-7-13/h4-9H,10-11H2,1-3H3. The number of ether oxygens (including phenoxy) is 1. The number of halogens is 3. The smallest absolute Gasteiger partial charge is 0.414 e. The Morgan fingerprint density at radius 1 is 1.13 bits per heavy atom. The van der Waals surface area contributed by atoms with Gasteiger partial charge in [-0.2, -0.15) is 0 Å². The van der Waals surface area contributed by atoms with E-state index in [2.05, 4.69) is 0 Å². The molecule has 0 saturated carbocycles. The molecular formula is C16H19F3N2O2. The van der Waals surface area contributed by atoms with Gasteiger partial charge in [0.1, 0.15) is 11.4 Å². The Kier molecular flexibility index (Phi) is 4.58. The second-order valence-electron chi connectivity index (χ2n) is 6.37. The van der Waals surface area contributed by atoms with Crippen LogP contribution in [0.25, 0.3) is 0 Å². The summed E-state index contributed by atoms with van der Waals surface area (Å²) in [6.07, 6.45) is 1.77. The monoisotopic (exact) mass is 328 g/mol. The molecule has 4 nitrogen and oxygen atoms in total. The van der Waals surface area contributed by atoms with Crippen LogP contribution in [0.15, 0.2) is 36.7 Å². The van der Waals surface area contributed by atoms with E-state index in [1.165, 1.54) is 41.6 Å². The van der Waals surface area contributed by atoms with E-state index in [4.69, 9.17) is 4.74 Å². The van der Waals surface area contributed by atoms with Gasteiger partial charge in [-0.15, -0.1) is 0 Å². The van der Waals surface area contributed by atoms with Gasteiger partial charge < -0.3 is 9.64 Å². The number of amides is 1. The Hall–Kier alpha value is -2.18. The summed E-state index contributed by atoms with van der Waals surface area (Å²) >= 11 is 0. The Bertz CT molecular complexity index is 594. The average molecular weight is 328 g/mol. The fourth-order valence-corrected chi connectivity index (χ4v) is 2.07. The van der Waals surface area contributed by atoms with Gasteiger partial charge in [0.15, 0.2) is 0 Å². The van der Waals surface area contributed by atoms with Crippen molar-refractivity contribution in [1.82, 2.24) is 4.90 Å². The van der Waals surface area contributed by atoms with Gasteiger partial charge in [0.25, 0.3) is 5.92 Å². The lowest BCUT2D eigenvalue weighted by atomic mass is 10.2. The maximum atomic E-state index is 14.1. The molecule has 2 rings (SSSR count). The zero-order valence-electron chi connectivity index (χ0n) is 13.2. The van der Waals surface area contributed by atoms with E-state index in [1.54, 1.807) is 20.8 Å². The van der Waals surface area contributed by atoms with Crippen LogP contribution in [0.4, 0.5) is 23.7 Å². The quantitative estimate of drug-likeness (QED) is 0.781. The Morgan fingerprint density at radius 3 is 2.30 bits per heavy atom. The predicted molar refractivity (Wildman–Crippen MR) is 80.8 cm³/mol. The van der Waals surface area contributed by atoms with Gasteiger partial charge in [0, 0.05) is 18.1 Å². The predicted octanol–water partition coefficient (Wildman–Crippen LogP) is 3.99. The summed E-state index contributed by atoms with van der Waals surface area (Å²) in [6, 6.07) is 5.19. The normalized spacial score (nSPS) is 17.8. The minimum Gasteiger partial charge on any atom is -0.443 e. The van der Waals surface area contributed by atoms with Gasteiger partial charge in [0.05, 0.1) is 13.1 Å². The van der Waals surface area contributed by atoms with Gasteiger partial charge >= 0.3 is 6.09 Å². The molecule has 0 saturated heterocycles. The van der Waals surface area contributed by atoms with Crippen molar-refractivity contribution in [2.24, 2.45) is 0 Å². The largest absolute Gasteiger partial charge is 0.443 e. The van der Waals surface area contributed by atoms with Crippen molar-refractivity contribution < 1.29 is 22.7 Å². The molecular weight excluding hydrogens is 309 g/mol. The molecule has 1 aromatic carbocycles. The maximum absolute atomic E-state index is 14.1. The highest BCUT2D eigenvalue weighted by Gasteiger charge is 2.38. The second-order valence-corrected chi connectivity index (χ2v) is 6.37. The molecule has 0 unspecified atom stereocenters. The van der Waals surface area contributed by atoms with Crippen molar-refractivity contribution in [2.45, 2.75) is 32.3 Å². The highest BCUT2D eigenvalue weighted by molar-refractivity contribution is 5.70. The molecule has 0 atom stereocenters. The molecule has 1 heterocycles. The molecule has 0 aromatic heterocycles. The number of carbonyl (C=O) groups is 1. The Balaban J connectivity index is 2.21. The molecule has 1 aliphatic rings. The van der Waals surface area contributed by atoms with E-state index in [0.717, 1.165) is 4.90 Å². The molecule has 1 aromatic rings. The van der Waals surface area contributed by atoms with Crippen molar-refractivity contribution in [1.29, 1.82) is 0 Å². The molecule has 23 heavy (non-hydrogen) atoms. The van der Waals surface area contributed by atoms with Crippen molar-refractivity contribution in [3.05, 3.63) is 42.5 Å². The third kappa shape index (κ3) is 4.91. The highest BCUT2D eigenvalue weighted by Crippen LogP contribution is 2.26. The first-order valence-corrected chi connectivity index (χ1v) is 7.14. The van der Waals surface area contributed by atoms with E-state index >= 15 is 0 Å². The summed E-state index contributed by atoms with van der Waals surface area (Å²) in [5.74, 6) is -3.59. The summed E-state index contributed by atoms with van der Waals surface area (Å²) in [4.78, 5) is 14.1. The van der Waals surface area contributed by atoms with Crippen LogP contribution < -0.4 is 4.90 Å². The van der Waals surface area contributed by atoms with E-state index in [-0.39, 0.29) is 0 Å². The topological polar surface area (TPSA) is 32.8 Å². The number of hydrogen-bond donors (Lipinski definition) is 0. The highest BCUT2D eigenvalue weighted by atomic mass is 19.3. The van der Waals surface area contributed by atoms with E-state index in [9.17, 15) is 18.0 Å². The summed E-state index contributed by atoms with van der Waals surface area (Å²) in [7, 11) is 0. The third-order valence-corrected chi connectivity index (χ3v) is 3.02. The molecule has 0 fully saturated rings. The lowest BCUT2D eigenvalue weighted by molar-refractivity contribution is -0.0224. The molecule has 0 aliphatic carbocycles. The van der Waals surface area contributed by atoms with Gasteiger partial charge in [-0.05, 0) is 45.0 Å². The first-order valence-electron chi connectivity index (χ1n) is 7.14. The number of carbonyl (C=O) groups excluding carboxylic acids is 1. The van der Waals surface area contributed by atoms with E-state index in [1.807, 2.05) is 0 Å². The molecule has 126 valence electrons. The number of anilines is 1. The van der Waals surface area contributed by atoms with Crippen molar-refractivity contribution in [3.63, 3.8) is 0 Å². The van der Waals surface area contributed by atoms with Crippen LogP contribution in [-0.4, -0.2) is 35.6 Å². The van der Waals surface area contributed by atoms with E-state index in [0.29, 0.717) is 5.69 Å². The van der Waals surface area contributed by atoms with Crippen LogP contribution >= 0.6 is 0 Å². The minimum absolute atomic E-state index is 0.411. The number of hydrogen-bond acceptors (Lipinski definition) is 3. The lowest BCUT2D eigenvalue weighted by Crippen LogP contribution is -2.43. The fourth-order valence-electron chi connectivity index (χ4n) is 2.07. The SMILES string of the molecule is CC(C)(C)OC(=O)N1C=CN(c2ccc(F)cc2)CC(F)(F)C1.